The number of nitrogens with zero attached hydrogens (tertiary/aromatic N) is 3. The van der Waals surface area contributed by atoms with Crippen molar-refractivity contribution in [2.24, 2.45) is 5.92 Å². The van der Waals surface area contributed by atoms with Gasteiger partial charge in [0.15, 0.2) is 0 Å². The van der Waals surface area contributed by atoms with Crippen molar-refractivity contribution in [3.63, 3.8) is 0 Å². The van der Waals surface area contributed by atoms with Crippen LogP contribution in [0.5, 0.6) is 0 Å². The molecule has 0 bridgehead atoms. The summed E-state index contributed by atoms with van der Waals surface area (Å²) in [5.74, 6) is -0.875. The summed E-state index contributed by atoms with van der Waals surface area (Å²) in [6.07, 6.45) is 1.08. The summed E-state index contributed by atoms with van der Waals surface area (Å²) >= 11 is 0. The maximum Gasteiger partial charge on any atom is 0.256 e. The van der Waals surface area contributed by atoms with Crippen LogP contribution < -0.4 is 15.1 Å². The van der Waals surface area contributed by atoms with Gasteiger partial charge in [-0.25, -0.2) is 0 Å². The van der Waals surface area contributed by atoms with Crippen LogP contribution in [0.2, 0.25) is 0 Å². The molecule has 2 aliphatic rings. The van der Waals surface area contributed by atoms with Crippen molar-refractivity contribution < 1.29 is 14.4 Å². The van der Waals surface area contributed by atoms with E-state index in [1.807, 2.05) is 53.4 Å². The van der Waals surface area contributed by atoms with Gasteiger partial charge in [-0.15, -0.1) is 0 Å². The molecule has 190 valence electrons. The number of aryl methyl sites for hydroxylation is 1. The predicted octanol–water partition coefficient (Wildman–Crippen LogP) is 4.20. The maximum absolute atomic E-state index is 13.4. The first-order valence-electron chi connectivity index (χ1n) is 12.9. The van der Waals surface area contributed by atoms with E-state index in [2.05, 4.69) is 29.3 Å². The van der Waals surface area contributed by atoms with Crippen molar-refractivity contribution in [3.05, 3.63) is 90.0 Å². The highest BCUT2D eigenvalue weighted by atomic mass is 16.2. The highest BCUT2D eigenvalue weighted by Crippen LogP contribution is 2.27. The number of nitrogens with one attached hydrogen (secondary N) is 1. The summed E-state index contributed by atoms with van der Waals surface area (Å²) in [6, 6.07) is 25.2. The van der Waals surface area contributed by atoms with Gasteiger partial charge in [-0.1, -0.05) is 49.4 Å². The van der Waals surface area contributed by atoms with Crippen LogP contribution in [0.25, 0.3) is 0 Å². The lowest BCUT2D eigenvalue weighted by Gasteiger charge is -2.36. The Labute approximate surface area is 217 Å². The van der Waals surface area contributed by atoms with Crippen LogP contribution in [-0.2, 0) is 16.0 Å². The van der Waals surface area contributed by atoms with E-state index in [9.17, 15) is 14.4 Å². The van der Waals surface area contributed by atoms with Gasteiger partial charge in [0.25, 0.3) is 5.91 Å². The highest BCUT2D eigenvalue weighted by Gasteiger charge is 2.35. The van der Waals surface area contributed by atoms with Crippen molar-refractivity contribution in [2.45, 2.75) is 19.8 Å². The molecule has 2 aliphatic heterocycles. The highest BCUT2D eigenvalue weighted by molar-refractivity contribution is 6.07. The van der Waals surface area contributed by atoms with E-state index >= 15 is 0 Å². The second-order valence-corrected chi connectivity index (χ2v) is 9.58. The molecule has 2 heterocycles. The number of rotatable bonds is 6. The van der Waals surface area contributed by atoms with Gasteiger partial charge in [-0.05, 0) is 48.4 Å². The molecular formula is C30H32N4O3. The lowest BCUT2D eigenvalue weighted by atomic mass is 10.1. The van der Waals surface area contributed by atoms with Gasteiger partial charge >= 0.3 is 0 Å². The minimum absolute atomic E-state index is 0.0648. The summed E-state index contributed by atoms with van der Waals surface area (Å²) in [4.78, 5) is 45.0. The molecule has 7 nitrogen and oxygen atoms in total. The Kier molecular flexibility index (Phi) is 7.21. The fourth-order valence-electron chi connectivity index (χ4n) is 5.03. The molecule has 2 saturated heterocycles. The van der Waals surface area contributed by atoms with E-state index < -0.39 is 5.92 Å². The molecule has 0 radical (unpaired) electrons. The number of amides is 3. The van der Waals surface area contributed by atoms with Crippen LogP contribution >= 0.6 is 0 Å². The zero-order valence-corrected chi connectivity index (χ0v) is 21.1. The predicted molar refractivity (Wildman–Crippen MR) is 146 cm³/mol. The van der Waals surface area contributed by atoms with Crippen molar-refractivity contribution in [3.8, 4) is 0 Å². The number of carbonyl (C=O) groups excluding carboxylic acids is 3. The molecule has 2 fully saturated rings. The third-order valence-corrected chi connectivity index (χ3v) is 7.26. The van der Waals surface area contributed by atoms with Crippen molar-refractivity contribution in [1.82, 2.24) is 4.90 Å². The number of benzene rings is 3. The van der Waals surface area contributed by atoms with Gasteiger partial charge in [0.1, 0.15) is 0 Å². The first-order chi connectivity index (χ1) is 18.0. The molecule has 5 rings (SSSR count). The fraction of sp³-hybridized carbons (Fsp3) is 0.300. The second-order valence-electron chi connectivity index (χ2n) is 9.58. The smallest absolute Gasteiger partial charge is 0.256 e. The van der Waals surface area contributed by atoms with Crippen LogP contribution in [0.15, 0.2) is 78.9 Å². The largest absolute Gasteiger partial charge is 0.368 e. The molecule has 0 aromatic heterocycles. The number of hydrogen-bond acceptors (Lipinski definition) is 4. The Hall–Kier alpha value is -4.13. The SMILES string of the molecule is CCc1ccc(N2CC(C(=O)Nc3ccccc3C(=O)N3CCN(c4ccccc4)CC3)CC2=O)cc1. The molecule has 3 aromatic rings. The van der Waals surface area contributed by atoms with Crippen molar-refractivity contribution >= 4 is 34.8 Å². The van der Waals surface area contributed by atoms with Crippen LogP contribution in [-0.4, -0.2) is 55.3 Å². The van der Waals surface area contributed by atoms with E-state index in [0.29, 0.717) is 30.9 Å². The fourth-order valence-corrected chi connectivity index (χ4v) is 5.03. The molecular weight excluding hydrogens is 464 g/mol. The number of para-hydroxylation sites is 2. The topological polar surface area (TPSA) is 73.0 Å². The zero-order chi connectivity index (χ0) is 25.8. The lowest BCUT2D eigenvalue weighted by molar-refractivity contribution is -0.122. The molecule has 0 aliphatic carbocycles. The molecule has 3 aromatic carbocycles. The Bertz CT molecular complexity index is 1270. The van der Waals surface area contributed by atoms with E-state index in [0.717, 1.165) is 30.9 Å². The van der Waals surface area contributed by atoms with Crippen molar-refractivity contribution in [2.75, 3.05) is 47.8 Å². The Morgan fingerprint density at radius 2 is 1.51 bits per heavy atom. The molecule has 1 atom stereocenters. The minimum atomic E-state index is -0.476. The van der Waals surface area contributed by atoms with Crippen LogP contribution in [0.1, 0.15) is 29.3 Å². The summed E-state index contributed by atoms with van der Waals surface area (Å²) in [7, 11) is 0. The second kappa shape index (κ2) is 10.9. The normalized spacial score (nSPS) is 17.7. The van der Waals surface area contributed by atoms with Gasteiger partial charge in [0.05, 0.1) is 17.2 Å². The number of carbonyl (C=O) groups is 3. The van der Waals surface area contributed by atoms with E-state index in [1.54, 1.807) is 23.1 Å². The number of anilines is 3. The summed E-state index contributed by atoms with van der Waals surface area (Å²) in [5.41, 5.74) is 4.13. The third-order valence-electron chi connectivity index (χ3n) is 7.26. The zero-order valence-electron chi connectivity index (χ0n) is 21.1. The van der Waals surface area contributed by atoms with Crippen LogP contribution in [0.4, 0.5) is 17.1 Å². The minimum Gasteiger partial charge on any atom is -0.368 e. The first kappa shape index (κ1) is 24.6. The van der Waals surface area contributed by atoms with E-state index in [1.165, 1.54) is 5.56 Å². The molecule has 0 spiro atoms. The van der Waals surface area contributed by atoms with Gasteiger partial charge in [0, 0.05) is 50.5 Å². The average molecular weight is 497 g/mol. The average Bonchev–Trinajstić information content (AvgIpc) is 3.35. The number of hydrogen-bond donors (Lipinski definition) is 1. The third kappa shape index (κ3) is 5.35. The Morgan fingerprint density at radius 3 is 2.22 bits per heavy atom. The lowest BCUT2D eigenvalue weighted by Crippen LogP contribution is -2.49. The van der Waals surface area contributed by atoms with Gasteiger partial charge in [-0.3, -0.25) is 14.4 Å². The van der Waals surface area contributed by atoms with Gasteiger partial charge in [0.2, 0.25) is 11.8 Å². The Balaban J connectivity index is 1.23. The molecule has 7 heteroatoms. The van der Waals surface area contributed by atoms with Crippen LogP contribution in [0.3, 0.4) is 0 Å². The quantitative estimate of drug-likeness (QED) is 0.555. The monoisotopic (exact) mass is 496 g/mol. The van der Waals surface area contributed by atoms with Gasteiger partial charge < -0.3 is 20.0 Å². The molecule has 1 N–H and O–H groups in total. The molecule has 1 unspecified atom stereocenters. The molecule has 0 saturated carbocycles. The van der Waals surface area contributed by atoms with Crippen LogP contribution in [0, 0.1) is 5.92 Å². The molecule has 37 heavy (non-hydrogen) atoms. The summed E-state index contributed by atoms with van der Waals surface area (Å²) in [5, 5.41) is 2.94. The maximum atomic E-state index is 13.4. The molecule has 3 amide bonds. The standard InChI is InChI=1S/C30H32N4O3/c1-2-22-12-14-25(15-13-22)34-21-23(20-28(34)35)29(36)31-27-11-7-6-10-26(27)30(37)33-18-16-32(17-19-33)24-8-4-3-5-9-24/h3-15,23H,2,16-21H2,1H3,(H,31,36). The first-order valence-corrected chi connectivity index (χ1v) is 12.9. The van der Waals surface area contributed by atoms with Crippen molar-refractivity contribution in [1.29, 1.82) is 0 Å². The summed E-state index contributed by atoms with van der Waals surface area (Å²) in [6.45, 7) is 5.14. The summed E-state index contributed by atoms with van der Waals surface area (Å²) < 4.78 is 0. The van der Waals surface area contributed by atoms with E-state index in [4.69, 9.17) is 0 Å². The Morgan fingerprint density at radius 1 is 0.838 bits per heavy atom. The number of piperazine rings is 1. The van der Waals surface area contributed by atoms with E-state index in [-0.39, 0.29) is 24.1 Å². The van der Waals surface area contributed by atoms with Gasteiger partial charge in [-0.2, -0.15) is 0 Å².